The van der Waals surface area contributed by atoms with Gasteiger partial charge < -0.3 is 20.5 Å². The van der Waals surface area contributed by atoms with Crippen LogP contribution in [-0.2, 0) is 14.3 Å². The number of carbonyl (C=O) groups excluding carboxylic acids is 2. The van der Waals surface area contributed by atoms with Gasteiger partial charge in [0, 0.05) is 12.5 Å². The van der Waals surface area contributed by atoms with Crippen molar-refractivity contribution in [2.45, 2.75) is 132 Å². The molecule has 2 amide bonds. The molecule has 0 saturated heterocycles. The van der Waals surface area contributed by atoms with Gasteiger partial charge in [0.05, 0.1) is 6.54 Å². The summed E-state index contributed by atoms with van der Waals surface area (Å²) in [6, 6.07) is 16.6. The molecule has 0 spiro atoms. The van der Waals surface area contributed by atoms with Crippen LogP contribution in [0.2, 0.25) is 0 Å². The van der Waals surface area contributed by atoms with E-state index in [0.717, 1.165) is 12.8 Å². The van der Waals surface area contributed by atoms with Gasteiger partial charge >= 0.3 is 6.09 Å². The fourth-order valence-corrected chi connectivity index (χ4v) is 4.63. The number of ether oxygens (including phenoxy) is 1. The highest BCUT2D eigenvalue weighted by molar-refractivity contribution is 5.81. The molecule has 7 heteroatoms. The largest absolute Gasteiger partial charge is 0.467 e. The molecule has 3 N–H and O–H groups in total. The molecule has 45 heavy (non-hydrogen) atoms. The Bertz CT molecular complexity index is 919. The zero-order valence-electron chi connectivity index (χ0n) is 30.0. The summed E-state index contributed by atoms with van der Waals surface area (Å²) in [6.07, 6.45) is 11.5. The molecule has 0 saturated carbocycles. The van der Waals surface area contributed by atoms with E-state index in [0.29, 0.717) is 19.6 Å². The Balaban J connectivity index is -0.000000643. The Morgan fingerprint density at radius 1 is 0.689 bits per heavy atom. The lowest BCUT2D eigenvalue weighted by molar-refractivity contribution is -0.129. The van der Waals surface area contributed by atoms with Crippen molar-refractivity contribution in [1.29, 1.82) is 0 Å². The predicted octanol–water partition coefficient (Wildman–Crippen LogP) is 10.4. The van der Waals surface area contributed by atoms with E-state index >= 15 is 0 Å². The Morgan fingerprint density at radius 3 is 1.53 bits per heavy atom. The molecule has 0 bridgehead atoms. The normalized spacial score (nSPS) is 9.98. The topological polar surface area (TPSA) is 105 Å². The molecule has 0 fully saturated rings. The number of unbranched alkanes of at least 4 members (excludes halogenated alkanes) is 9. The van der Waals surface area contributed by atoms with E-state index in [2.05, 4.69) is 36.5 Å². The standard InChI is InChI=1S/C15H30N2O3.C15H12O2.4C2H6/c1-2-3-4-5-6-7-8-9-10-11-12-16-14(18)13-17-15(19)20;16-10-17-9-15-13-7-3-1-5-11(13)12-6-2-4-8-14(12)15;4*1-2/h17H,2-13H2,1H3,(H,16,18)(H,19,20);1-8,10,15H,9H2;4*1-2H3. The van der Waals surface area contributed by atoms with Crippen LogP contribution in [0.3, 0.4) is 0 Å². The van der Waals surface area contributed by atoms with Crippen molar-refractivity contribution in [2.24, 2.45) is 0 Å². The smallest absolute Gasteiger partial charge is 0.405 e. The van der Waals surface area contributed by atoms with Crippen LogP contribution in [0.25, 0.3) is 11.1 Å². The highest BCUT2D eigenvalue weighted by Gasteiger charge is 2.28. The zero-order chi connectivity index (χ0) is 34.7. The van der Waals surface area contributed by atoms with Crippen molar-refractivity contribution in [3.63, 3.8) is 0 Å². The average Bonchev–Trinajstić information content (AvgIpc) is 3.42. The number of benzene rings is 2. The maximum atomic E-state index is 11.2. The molecule has 1 aliphatic rings. The number of rotatable bonds is 16. The zero-order valence-corrected chi connectivity index (χ0v) is 30.0. The molecule has 0 aromatic heterocycles. The number of hydrogen-bond acceptors (Lipinski definition) is 4. The molecule has 258 valence electrons. The monoisotopic (exact) mass is 630 g/mol. The van der Waals surface area contributed by atoms with Crippen LogP contribution in [0.5, 0.6) is 0 Å². The lowest BCUT2D eigenvalue weighted by atomic mass is 9.98. The van der Waals surface area contributed by atoms with Crippen molar-refractivity contribution in [3.8, 4) is 11.1 Å². The third-order valence-electron chi connectivity index (χ3n) is 6.55. The van der Waals surface area contributed by atoms with Crippen molar-refractivity contribution in [1.82, 2.24) is 10.6 Å². The fraction of sp³-hybridized carbons (Fsp3) is 0.605. The van der Waals surface area contributed by atoms with Gasteiger partial charge in [0.1, 0.15) is 6.61 Å². The SMILES string of the molecule is CC.CC.CC.CC.CCCCCCCCCCCCNC(=O)CNC(=O)O.O=COCC1c2ccccc2-c2ccccc21. The molecule has 1 aliphatic carbocycles. The van der Waals surface area contributed by atoms with Crippen LogP contribution < -0.4 is 10.6 Å². The first-order valence-corrected chi connectivity index (χ1v) is 17.6. The van der Waals surface area contributed by atoms with Gasteiger partial charge in [0.25, 0.3) is 6.47 Å². The second kappa shape index (κ2) is 35.1. The van der Waals surface area contributed by atoms with Crippen LogP contribution in [0.1, 0.15) is 144 Å². The predicted molar refractivity (Wildman–Crippen MR) is 192 cm³/mol. The highest BCUT2D eigenvalue weighted by Crippen LogP contribution is 2.44. The summed E-state index contributed by atoms with van der Waals surface area (Å²) in [7, 11) is 0. The number of nitrogens with one attached hydrogen (secondary N) is 2. The summed E-state index contributed by atoms with van der Waals surface area (Å²) in [5.74, 6) is -0.0871. The van der Waals surface area contributed by atoms with E-state index in [-0.39, 0.29) is 18.4 Å². The Hall–Kier alpha value is -3.35. The lowest BCUT2D eigenvalue weighted by Gasteiger charge is -2.11. The highest BCUT2D eigenvalue weighted by atomic mass is 16.5. The number of amides is 2. The van der Waals surface area contributed by atoms with E-state index in [4.69, 9.17) is 9.84 Å². The average molecular weight is 631 g/mol. The molecule has 0 heterocycles. The number of fused-ring (bicyclic) bond motifs is 3. The molecule has 0 unspecified atom stereocenters. The number of carbonyl (C=O) groups is 3. The molecule has 0 atom stereocenters. The van der Waals surface area contributed by atoms with Gasteiger partial charge in [-0.3, -0.25) is 9.59 Å². The Kier molecular flexibility index (Phi) is 36.0. The molecule has 3 rings (SSSR count). The second-order valence-electron chi connectivity index (χ2n) is 9.35. The number of carboxylic acid groups (broad SMARTS) is 1. The third kappa shape index (κ3) is 21.9. The quantitative estimate of drug-likeness (QED) is 0.126. The summed E-state index contributed by atoms with van der Waals surface area (Å²) in [4.78, 5) is 31.7. The van der Waals surface area contributed by atoms with Crippen LogP contribution in [0, 0.1) is 0 Å². The summed E-state index contributed by atoms with van der Waals surface area (Å²) >= 11 is 0. The molecular weight excluding hydrogens is 564 g/mol. The molecule has 0 aliphatic heterocycles. The molecule has 2 aromatic rings. The van der Waals surface area contributed by atoms with E-state index in [9.17, 15) is 14.4 Å². The third-order valence-corrected chi connectivity index (χ3v) is 6.55. The van der Waals surface area contributed by atoms with E-state index in [1.807, 2.05) is 85.0 Å². The fourth-order valence-electron chi connectivity index (χ4n) is 4.63. The van der Waals surface area contributed by atoms with Crippen molar-refractivity contribution >= 4 is 18.5 Å². The minimum Gasteiger partial charge on any atom is -0.467 e. The molecule has 0 radical (unpaired) electrons. The molecule has 7 nitrogen and oxygen atoms in total. The van der Waals surface area contributed by atoms with Gasteiger partial charge in [-0.05, 0) is 28.7 Å². The van der Waals surface area contributed by atoms with Gasteiger partial charge in [-0.2, -0.15) is 0 Å². The maximum Gasteiger partial charge on any atom is 0.405 e. The maximum absolute atomic E-state index is 11.2. The van der Waals surface area contributed by atoms with Gasteiger partial charge in [-0.15, -0.1) is 0 Å². The van der Waals surface area contributed by atoms with Gasteiger partial charge in [-0.1, -0.05) is 169 Å². The first kappa shape index (κ1) is 46.1. The van der Waals surface area contributed by atoms with Crippen LogP contribution >= 0.6 is 0 Å². The van der Waals surface area contributed by atoms with E-state index in [1.54, 1.807) is 0 Å². The van der Waals surface area contributed by atoms with Crippen molar-refractivity contribution < 1.29 is 24.2 Å². The summed E-state index contributed by atoms with van der Waals surface area (Å²) < 4.78 is 4.95. The van der Waals surface area contributed by atoms with Crippen LogP contribution in [0.4, 0.5) is 4.79 Å². The summed E-state index contributed by atoms with van der Waals surface area (Å²) in [5, 5.41) is 13.1. The first-order valence-electron chi connectivity index (χ1n) is 17.6. The van der Waals surface area contributed by atoms with Gasteiger partial charge in [-0.25, -0.2) is 4.79 Å². The summed E-state index contributed by atoms with van der Waals surface area (Å²) in [6.45, 7) is 19.6. The van der Waals surface area contributed by atoms with Gasteiger partial charge in [0.2, 0.25) is 5.91 Å². The minimum absolute atomic E-state index is 0.160. The van der Waals surface area contributed by atoms with Crippen molar-refractivity contribution in [3.05, 3.63) is 59.7 Å². The Morgan fingerprint density at radius 2 is 1.11 bits per heavy atom. The molecular formula is C38H66N2O5. The minimum atomic E-state index is -1.17. The lowest BCUT2D eigenvalue weighted by Crippen LogP contribution is -2.36. The van der Waals surface area contributed by atoms with Crippen LogP contribution in [-0.4, -0.2) is 43.3 Å². The molecule has 2 aromatic carbocycles. The van der Waals surface area contributed by atoms with Gasteiger partial charge in [0.15, 0.2) is 0 Å². The Labute approximate surface area is 275 Å². The van der Waals surface area contributed by atoms with E-state index < -0.39 is 6.09 Å². The number of hydrogen-bond donors (Lipinski definition) is 3. The first-order chi connectivity index (χ1) is 22.1. The van der Waals surface area contributed by atoms with E-state index in [1.165, 1.54) is 73.6 Å². The second-order valence-corrected chi connectivity index (χ2v) is 9.35. The summed E-state index contributed by atoms with van der Waals surface area (Å²) in [5.41, 5.74) is 5.00. The van der Waals surface area contributed by atoms with Crippen LogP contribution in [0.15, 0.2) is 48.5 Å². The van der Waals surface area contributed by atoms with Crippen molar-refractivity contribution in [2.75, 3.05) is 19.7 Å².